The lowest BCUT2D eigenvalue weighted by Gasteiger charge is -2.17. The lowest BCUT2D eigenvalue weighted by molar-refractivity contribution is 0.583. The third-order valence-corrected chi connectivity index (χ3v) is 3.70. The number of nitrogens with one attached hydrogen (secondary N) is 1. The van der Waals surface area contributed by atoms with E-state index < -0.39 is 0 Å². The Labute approximate surface area is 127 Å². The van der Waals surface area contributed by atoms with Crippen molar-refractivity contribution in [3.05, 3.63) is 71.0 Å². The third kappa shape index (κ3) is 4.68. The summed E-state index contributed by atoms with van der Waals surface area (Å²) in [6.07, 6.45) is 1.90. The normalized spacial score (nSPS) is 12.6. The Bertz CT molecular complexity index is 560. The Balaban J connectivity index is 2.10. The second-order valence-corrected chi connectivity index (χ2v) is 6.01. The van der Waals surface area contributed by atoms with Crippen molar-refractivity contribution in [1.29, 1.82) is 0 Å². The van der Waals surface area contributed by atoms with Gasteiger partial charge in [0, 0.05) is 6.04 Å². The average molecular weight is 285 g/mol. The van der Waals surface area contributed by atoms with Crippen LogP contribution < -0.4 is 5.32 Å². The van der Waals surface area contributed by atoms with Crippen LogP contribution in [-0.4, -0.2) is 7.05 Å². The first-order chi connectivity index (χ1) is 10.1. The van der Waals surface area contributed by atoms with Crippen LogP contribution in [0.5, 0.6) is 0 Å². The van der Waals surface area contributed by atoms with Crippen LogP contribution in [0.4, 0.5) is 4.39 Å². The number of halogens is 1. The fraction of sp³-hybridized carbons (Fsp3) is 0.368. The first-order valence-corrected chi connectivity index (χ1v) is 7.59. The maximum Gasteiger partial charge on any atom is 0.123 e. The molecule has 0 bridgehead atoms. The molecule has 1 nitrogen and oxygen atoms in total. The molecule has 2 rings (SSSR count). The van der Waals surface area contributed by atoms with Gasteiger partial charge >= 0.3 is 0 Å². The van der Waals surface area contributed by atoms with E-state index >= 15 is 0 Å². The number of rotatable bonds is 6. The average Bonchev–Trinajstić information content (AvgIpc) is 2.45. The minimum absolute atomic E-state index is 0.172. The fourth-order valence-electron chi connectivity index (χ4n) is 2.64. The summed E-state index contributed by atoms with van der Waals surface area (Å²) in [6, 6.07) is 15.8. The summed E-state index contributed by atoms with van der Waals surface area (Å²) in [5.74, 6) is 0.498. The third-order valence-electron chi connectivity index (χ3n) is 3.70. The standard InChI is InChI=1S/C19H24FN/c1-14(2)11-15-7-9-17(10-8-15)19(21-3)13-16-5-4-6-18(20)12-16/h4-10,12,14,19,21H,11,13H2,1-3H3. The minimum atomic E-state index is -0.172. The van der Waals surface area contributed by atoms with Crippen molar-refractivity contribution in [3.63, 3.8) is 0 Å². The first kappa shape index (κ1) is 15.7. The molecule has 1 N–H and O–H groups in total. The molecular formula is C19H24FN. The fourth-order valence-corrected chi connectivity index (χ4v) is 2.64. The van der Waals surface area contributed by atoms with Crippen LogP contribution in [0.2, 0.25) is 0 Å². The van der Waals surface area contributed by atoms with Gasteiger partial charge in [-0.25, -0.2) is 4.39 Å². The maximum atomic E-state index is 13.3. The summed E-state index contributed by atoms with van der Waals surface area (Å²) in [4.78, 5) is 0. The van der Waals surface area contributed by atoms with E-state index in [1.54, 1.807) is 12.1 Å². The molecule has 0 aliphatic rings. The lowest BCUT2D eigenvalue weighted by Crippen LogP contribution is -2.18. The number of hydrogen-bond acceptors (Lipinski definition) is 1. The van der Waals surface area contributed by atoms with Crippen molar-refractivity contribution in [2.45, 2.75) is 32.7 Å². The molecule has 2 aromatic carbocycles. The van der Waals surface area contributed by atoms with Crippen molar-refractivity contribution in [3.8, 4) is 0 Å². The summed E-state index contributed by atoms with van der Waals surface area (Å²) in [5.41, 5.74) is 3.63. The van der Waals surface area contributed by atoms with Crippen molar-refractivity contribution in [1.82, 2.24) is 5.32 Å². The molecule has 0 aromatic heterocycles. The van der Waals surface area contributed by atoms with E-state index in [1.807, 2.05) is 13.1 Å². The zero-order valence-electron chi connectivity index (χ0n) is 13.1. The van der Waals surface area contributed by atoms with Gasteiger partial charge in [-0.3, -0.25) is 0 Å². The SMILES string of the molecule is CNC(Cc1cccc(F)c1)c1ccc(CC(C)C)cc1. The number of likely N-dealkylation sites (N-methyl/N-ethyl adjacent to an activating group) is 1. The molecule has 0 radical (unpaired) electrons. The van der Waals surface area contributed by atoms with E-state index in [0.29, 0.717) is 5.92 Å². The molecule has 0 saturated heterocycles. The van der Waals surface area contributed by atoms with E-state index in [1.165, 1.54) is 17.2 Å². The van der Waals surface area contributed by atoms with Crippen LogP contribution >= 0.6 is 0 Å². The molecule has 0 amide bonds. The highest BCUT2D eigenvalue weighted by Gasteiger charge is 2.10. The van der Waals surface area contributed by atoms with Gasteiger partial charge in [0.2, 0.25) is 0 Å². The van der Waals surface area contributed by atoms with E-state index in [4.69, 9.17) is 0 Å². The van der Waals surface area contributed by atoms with Gasteiger partial charge in [-0.15, -0.1) is 0 Å². The van der Waals surface area contributed by atoms with Crippen LogP contribution in [0.15, 0.2) is 48.5 Å². The Hall–Kier alpha value is -1.67. The van der Waals surface area contributed by atoms with Gasteiger partial charge in [-0.05, 0) is 54.6 Å². The van der Waals surface area contributed by atoms with Crippen molar-refractivity contribution in [2.24, 2.45) is 5.92 Å². The molecule has 0 spiro atoms. The Morgan fingerprint density at radius 2 is 1.67 bits per heavy atom. The largest absolute Gasteiger partial charge is 0.313 e. The summed E-state index contributed by atoms with van der Waals surface area (Å²) in [5, 5.41) is 3.32. The monoisotopic (exact) mass is 285 g/mol. The molecule has 2 aromatic rings. The quantitative estimate of drug-likeness (QED) is 0.822. The molecule has 1 atom stereocenters. The van der Waals surface area contributed by atoms with Gasteiger partial charge in [0.1, 0.15) is 5.82 Å². The van der Waals surface area contributed by atoms with Gasteiger partial charge in [0.15, 0.2) is 0 Å². The molecule has 0 saturated carbocycles. The highest BCUT2D eigenvalue weighted by atomic mass is 19.1. The molecular weight excluding hydrogens is 261 g/mol. The van der Waals surface area contributed by atoms with E-state index in [0.717, 1.165) is 18.4 Å². The van der Waals surface area contributed by atoms with Crippen LogP contribution in [0.25, 0.3) is 0 Å². The van der Waals surface area contributed by atoms with Gasteiger partial charge in [0.05, 0.1) is 0 Å². The summed E-state index contributed by atoms with van der Waals surface area (Å²) in [6.45, 7) is 4.46. The molecule has 0 fully saturated rings. The first-order valence-electron chi connectivity index (χ1n) is 7.59. The minimum Gasteiger partial charge on any atom is -0.313 e. The van der Waals surface area contributed by atoms with Gasteiger partial charge in [-0.1, -0.05) is 50.2 Å². The van der Waals surface area contributed by atoms with Crippen LogP contribution in [0, 0.1) is 11.7 Å². The van der Waals surface area contributed by atoms with Crippen molar-refractivity contribution in [2.75, 3.05) is 7.05 Å². The van der Waals surface area contributed by atoms with Crippen LogP contribution in [-0.2, 0) is 12.8 Å². The summed E-state index contributed by atoms with van der Waals surface area (Å²) < 4.78 is 13.3. The van der Waals surface area contributed by atoms with Crippen molar-refractivity contribution < 1.29 is 4.39 Å². The smallest absolute Gasteiger partial charge is 0.123 e. The van der Waals surface area contributed by atoms with Crippen molar-refractivity contribution >= 4 is 0 Å². The van der Waals surface area contributed by atoms with E-state index in [9.17, 15) is 4.39 Å². The molecule has 0 aliphatic carbocycles. The molecule has 21 heavy (non-hydrogen) atoms. The highest BCUT2D eigenvalue weighted by molar-refractivity contribution is 5.27. The molecule has 0 heterocycles. The predicted octanol–water partition coefficient (Wildman–Crippen LogP) is 4.53. The van der Waals surface area contributed by atoms with E-state index in [2.05, 4.69) is 43.4 Å². The van der Waals surface area contributed by atoms with E-state index in [-0.39, 0.29) is 11.9 Å². The molecule has 1 unspecified atom stereocenters. The number of benzene rings is 2. The highest BCUT2D eigenvalue weighted by Crippen LogP contribution is 2.20. The molecule has 2 heteroatoms. The Kier molecular flexibility index (Phi) is 5.51. The molecule has 0 aliphatic heterocycles. The predicted molar refractivity (Wildman–Crippen MR) is 86.9 cm³/mol. The Morgan fingerprint density at radius 1 is 0.952 bits per heavy atom. The second kappa shape index (κ2) is 7.37. The topological polar surface area (TPSA) is 12.0 Å². The van der Waals surface area contributed by atoms with Gasteiger partial charge in [0.25, 0.3) is 0 Å². The number of hydrogen-bond donors (Lipinski definition) is 1. The van der Waals surface area contributed by atoms with Crippen LogP contribution in [0.3, 0.4) is 0 Å². The maximum absolute atomic E-state index is 13.3. The van der Waals surface area contributed by atoms with Crippen LogP contribution in [0.1, 0.15) is 36.6 Å². The summed E-state index contributed by atoms with van der Waals surface area (Å²) in [7, 11) is 1.95. The zero-order valence-corrected chi connectivity index (χ0v) is 13.1. The summed E-state index contributed by atoms with van der Waals surface area (Å²) >= 11 is 0. The zero-order chi connectivity index (χ0) is 15.2. The van der Waals surface area contributed by atoms with Gasteiger partial charge < -0.3 is 5.32 Å². The Morgan fingerprint density at radius 3 is 2.24 bits per heavy atom. The molecule has 112 valence electrons. The second-order valence-electron chi connectivity index (χ2n) is 6.01. The lowest BCUT2D eigenvalue weighted by atomic mass is 9.96. The van der Waals surface area contributed by atoms with Gasteiger partial charge in [-0.2, -0.15) is 0 Å².